The smallest absolute Gasteiger partial charge is 0.0795 e. The van der Waals surface area contributed by atoms with Gasteiger partial charge in [-0.25, -0.2) is 0 Å². The maximum atomic E-state index is 8.74. The molecule has 56 valence electrons. The molecule has 0 aliphatic carbocycles. The van der Waals surface area contributed by atoms with Crippen LogP contribution in [0.3, 0.4) is 0 Å². The lowest BCUT2D eigenvalue weighted by Crippen LogP contribution is -2.32. The molecule has 0 bridgehead atoms. The fourth-order valence-corrected chi connectivity index (χ4v) is 0.767. The molecule has 0 aromatic heterocycles. The van der Waals surface area contributed by atoms with Crippen LogP contribution in [0.2, 0.25) is 0 Å². The minimum Gasteiger partial charge on any atom is -0.396 e. The lowest BCUT2D eigenvalue weighted by atomic mass is 9.97. The monoisotopic (exact) mass is 260 g/mol. The van der Waals surface area contributed by atoms with E-state index in [0.717, 1.165) is 0 Å². The molecule has 2 N–H and O–H groups in total. The molecule has 0 aromatic carbocycles. The second-order valence-corrected chi connectivity index (χ2v) is 5.33. The predicted octanol–water partition coefficient (Wildman–Crippen LogP) is 1.09. The summed E-state index contributed by atoms with van der Waals surface area (Å²) >= 11 is 6.43. The van der Waals surface area contributed by atoms with E-state index in [1.165, 1.54) is 0 Å². The second kappa shape index (κ2) is 3.91. The molecule has 0 aromatic rings. The van der Waals surface area contributed by atoms with Crippen LogP contribution in [0.4, 0.5) is 0 Å². The van der Waals surface area contributed by atoms with Gasteiger partial charge in [-0.1, -0.05) is 38.8 Å². The Kier molecular flexibility index (Phi) is 4.29. The van der Waals surface area contributed by atoms with Crippen LogP contribution in [0.25, 0.3) is 0 Å². The van der Waals surface area contributed by atoms with Gasteiger partial charge in [-0.3, -0.25) is 0 Å². The first-order chi connectivity index (χ1) is 4.06. The average Bonchev–Trinajstić information content (AvgIpc) is 1.86. The maximum Gasteiger partial charge on any atom is 0.0795 e. The summed E-state index contributed by atoms with van der Waals surface area (Å²) in [5.74, 6) is 0. The van der Waals surface area contributed by atoms with Crippen molar-refractivity contribution in [2.75, 3.05) is 13.2 Å². The third kappa shape index (κ3) is 2.53. The van der Waals surface area contributed by atoms with E-state index in [-0.39, 0.29) is 17.0 Å². The van der Waals surface area contributed by atoms with Gasteiger partial charge in [0.2, 0.25) is 0 Å². The van der Waals surface area contributed by atoms with Crippen molar-refractivity contribution in [1.82, 2.24) is 0 Å². The molecule has 0 saturated heterocycles. The molecule has 0 radical (unpaired) electrons. The summed E-state index contributed by atoms with van der Waals surface area (Å²) in [5.41, 5.74) is -0.472. The lowest BCUT2D eigenvalue weighted by Gasteiger charge is -2.25. The molecular formula is C5H10Br2O2. The number of rotatable bonds is 3. The van der Waals surface area contributed by atoms with Crippen molar-refractivity contribution < 1.29 is 10.2 Å². The first-order valence-electron chi connectivity index (χ1n) is 2.56. The van der Waals surface area contributed by atoms with Crippen molar-refractivity contribution >= 4 is 31.9 Å². The number of alkyl halides is 2. The number of aliphatic hydroxyl groups is 2. The Labute approximate surface area is 71.5 Å². The first-order valence-corrected chi connectivity index (χ1v) is 4.40. The van der Waals surface area contributed by atoms with E-state index in [4.69, 9.17) is 10.2 Å². The largest absolute Gasteiger partial charge is 0.396 e. The van der Waals surface area contributed by atoms with Crippen LogP contribution in [-0.2, 0) is 0 Å². The van der Waals surface area contributed by atoms with Gasteiger partial charge in [-0.05, 0) is 0 Å². The molecule has 0 rings (SSSR count). The van der Waals surface area contributed by atoms with E-state index in [0.29, 0.717) is 0 Å². The van der Waals surface area contributed by atoms with Crippen molar-refractivity contribution in [3.8, 4) is 0 Å². The third-order valence-electron chi connectivity index (χ3n) is 1.25. The Bertz CT molecular complexity index is 81.0. The summed E-state index contributed by atoms with van der Waals surface area (Å²) < 4.78 is -0.0486. The van der Waals surface area contributed by atoms with E-state index < -0.39 is 5.41 Å². The van der Waals surface area contributed by atoms with Crippen LogP contribution >= 0.6 is 31.9 Å². The second-order valence-electron chi connectivity index (χ2n) is 2.27. The van der Waals surface area contributed by atoms with Crippen molar-refractivity contribution in [2.24, 2.45) is 5.41 Å². The zero-order valence-electron chi connectivity index (χ0n) is 5.14. The molecule has 0 unspecified atom stereocenters. The number of hydrogen-bond acceptors (Lipinski definition) is 2. The predicted molar refractivity (Wildman–Crippen MR) is 43.9 cm³/mol. The van der Waals surface area contributed by atoms with Gasteiger partial charge in [0.25, 0.3) is 0 Å². The van der Waals surface area contributed by atoms with Crippen molar-refractivity contribution in [2.45, 2.75) is 10.7 Å². The van der Waals surface area contributed by atoms with Gasteiger partial charge in [0.15, 0.2) is 0 Å². The first kappa shape index (κ1) is 9.88. The Hall–Kier alpha value is 0.880. The standard InChI is InChI=1S/C5H10Br2O2/c1-5(2-8,3-9)4(6)7/h4,8-9H,2-3H2,1H3. The Morgan fingerprint density at radius 3 is 1.67 bits per heavy atom. The minimum absolute atomic E-state index is 0.0370. The summed E-state index contributed by atoms with van der Waals surface area (Å²) in [5, 5.41) is 17.5. The van der Waals surface area contributed by atoms with E-state index in [1.54, 1.807) is 6.92 Å². The van der Waals surface area contributed by atoms with Gasteiger partial charge in [0.05, 0.1) is 17.0 Å². The highest BCUT2D eigenvalue weighted by Gasteiger charge is 2.29. The highest BCUT2D eigenvalue weighted by atomic mass is 79.9. The summed E-state index contributed by atoms with van der Waals surface area (Å²) in [4.78, 5) is 0. The Balaban J connectivity index is 3.92. The molecule has 4 heteroatoms. The minimum atomic E-state index is -0.472. The van der Waals surface area contributed by atoms with E-state index in [9.17, 15) is 0 Å². The number of aliphatic hydroxyl groups excluding tert-OH is 2. The summed E-state index contributed by atoms with van der Waals surface area (Å²) in [6, 6.07) is 0. The van der Waals surface area contributed by atoms with Crippen LogP contribution in [0, 0.1) is 5.41 Å². The van der Waals surface area contributed by atoms with Gasteiger partial charge >= 0.3 is 0 Å². The zero-order chi connectivity index (χ0) is 7.49. The van der Waals surface area contributed by atoms with Gasteiger partial charge in [-0.15, -0.1) is 0 Å². The van der Waals surface area contributed by atoms with Crippen LogP contribution in [0.15, 0.2) is 0 Å². The number of halogens is 2. The molecule has 2 nitrogen and oxygen atoms in total. The topological polar surface area (TPSA) is 40.5 Å². The van der Waals surface area contributed by atoms with Crippen LogP contribution in [-0.4, -0.2) is 27.2 Å². The highest BCUT2D eigenvalue weighted by Crippen LogP contribution is 2.30. The summed E-state index contributed by atoms with van der Waals surface area (Å²) in [6.07, 6.45) is 0. The molecule has 0 aliphatic heterocycles. The van der Waals surface area contributed by atoms with Crippen molar-refractivity contribution in [1.29, 1.82) is 0 Å². The third-order valence-corrected chi connectivity index (χ3v) is 3.46. The van der Waals surface area contributed by atoms with Gasteiger partial charge in [0, 0.05) is 5.41 Å². The zero-order valence-corrected chi connectivity index (χ0v) is 8.31. The molecule has 0 amide bonds. The molecule has 9 heavy (non-hydrogen) atoms. The summed E-state index contributed by atoms with van der Waals surface area (Å²) in [7, 11) is 0. The van der Waals surface area contributed by atoms with Crippen molar-refractivity contribution in [3.63, 3.8) is 0 Å². The fraction of sp³-hybridized carbons (Fsp3) is 1.00. The average molecular weight is 262 g/mol. The molecule has 0 heterocycles. The molecule has 0 atom stereocenters. The van der Waals surface area contributed by atoms with Gasteiger partial charge in [-0.2, -0.15) is 0 Å². The molecule has 0 saturated carbocycles. The van der Waals surface area contributed by atoms with Gasteiger partial charge in [0.1, 0.15) is 0 Å². The van der Waals surface area contributed by atoms with Crippen LogP contribution in [0.5, 0.6) is 0 Å². The normalized spacial score (nSPS) is 12.7. The molecule has 0 spiro atoms. The SMILES string of the molecule is CC(CO)(CO)C(Br)Br. The quantitative estimate of drug-likeness (QED) is 0.747. The van der Waals surface area contributed by atoms with E-state index in [2.05, 4.69) is 31.9 Å². The van der Waals surface area contributed by atoms with E-state index in [1.807, 2.05) is 0 Å². The van der Waals surface area contributed by atoms with Crippen LogP contribution in [0.1, 0.15) is 6.92 Å². The van der Waals surface area contributed by atoms with E-state index >= 15 is 0 Å². The molecule has 0 aliphatic rings. The number of hydrogen-bond donors (Lipinski definition) is 2. The fourth-order valence-electron chi connectivity index (χ4n) is 0.188. The summed E-state index contributed by atoms with van der Waals surface area (Å²) in [6.45, 7) is 1.70. The maximum absolute atomic E-state index is 8.74. The lowest BCUT2D eigenvalue weighted by molar-refractivity contribution is 0.0858. The Morgan fingerprint density at radius 1 is 1.33 bits per heavy atom. The van der Waals surface area contributed by atoms with Crippen molar-refractivity contribution in [3.05, 3.63) is 0 Å². The Morgan fingerprint density at radius 2 is 1.67 bits per heavy atom. The van der Waals surface area contributed by atoms with Gasteiger partial charge < -0.3 is 10.2 Å². The molecule has 0 fully saturated rings. The molecular weight excluding hydrogens is 252 g/mol. The van der Waals surface area contributed by atoms with Crippen LogP contribution < -0.4 is 0 Å². The highest BCUT2D eigenvalue weighted by molar-refractivity contribution is 9.24.